The number of aryl methyl sites for hydroxylation is 1. The van der Waals surface area contributed by atoms with Gasteiger partial charge in [-0.15, -0.1) is 11.3 Å². The van der Waals surface area contributed by atoms with Gasteiger partial charge in [0.05, 0.1) is 12.2 Å². The van der Waals surface area contributed by atoms with E-state index in [-0.39, 0.29) is 29.8 Å². The summed E-state index contributed by atoms with van der Waals surface area (Å²) in [6.45, 7) is 10.6. The van der Waals surface area contributed by atoms with Gasteiger partial charge in [-0.1, -0.05) is 39.8 Å². The summed E-state index contributed by atoms with van der Waals surface area (Å²) in [7, 11) is 0. The van der Waals surface area contributed by atoms with Crippen LogP contribution >= 0.6 is 11.3 Å². The van der Waals surface area contributed by atoms with Crippen molar-refractivity contribution in [2.24, 2.45) is 0 Å². The highest BCUT2D eigenvalue weighted by Crippen LogP contribution is 2.43. The summed E-state index contributed by atoms with van der Waals surface area (Å²) < 4.78 is 10.9. The molecular formula is C24H31NO4S. The predicted octanol–water partition coefficient (Wildman–Crippen LogP) is 5.68. The van der Waals surface area contributed by atoms with Crippen molar-refractivity contribution in [1.29, 1.82) is 0 Å². The Morgan fingerprint density at radius 3 is 2.53 bits per heavy atom. The molecular weight excluding hydrogens is 398 g/mol. The number of amides is 1. The van der Waals surface area contributed by atoms with Crippen LogP contribution in [0, 0.1) is 0 Å². The molecule has 0 fully saturated rings. The van der Waals surface area contributed by atoms with Crippen LogP contribution in [-0.2, 0) is 21.4 Å². The van der Waals surface area contributed by atoms with Gasteiger partial charge in [-0.2, -0.15) is 0 Å². The smallest absolute Gasteiger partial charge is 0.341 e. The SMILES string of the molecule is CCOC(=O)c1c(NC(=O)COc2ccc(C(C)(C)C)cc2)sc2c1C(C)CCC2. The molecule has 5 nitrogen and oxygen atoms in total. The second-order valence-electron chi connectivity index (χ2n) is 8.77. The van der Waals surface area contributed by atoms with Crippen molar-refractivity contribution in [2.45, 2.75) is 65.2 Å². The monoisotopic (exact) mass is 429 g/mol. The first-order valence-corrected chi connectivity index (χ1v) is 11.4. The van der Waals surface area contributed by atoms with Crippen LogP contribution in [0.5, 0.6) is 5.75 Å². The molecule has 0 saturated heterocycles. The van der Waals surface area contributed by atoms with Gasteiger partial charge in [-0.3, -0.25) is 4.79 Å². The number of rotatable bonds is 6. The Labute approximate surface area is 182 Å². The van der Waals surface area contributed by atoms with Gasteiger partial charge in [-0.25, -0.2) is 4.79 Å². The normalized spacial score (nSPS) is 16.0. The van der Waals surface area contributed by atoms with Gasteiger partial charge in [-0.05, 0) is 60.8 Å². The van der Waals surface area contributed by atoms with Crippen molar-refractivity contribution >= 4 is 28.2 Å². The van der Waals surface area contributed by atoms with Crippen LogP contribution in [0.25, 0.3) is 0 Å². The number of esters is 1. The fourth-order valence-electron chi connectivity index (χ4n) is 3.77. The second-order valence-corrected chi connectivity index (χ2v) is 9.87. The minimum Gasteiger partial charge on any atom is -0.484 e. The highest BCUT2D eigenvalue weighted by atomic mass is 32.1. The molecule has 0 bridgehead atoms. The molecule has 1 amide bonds. The molecule has 1 aliphatic rings. The minimum absolute atomic E-state index is 0.0643. The number of anilines is 1. The highest BCUT2D eigenvalue weighted by molar-refractivity contribution is 7.17. The molecule has 0 spiro atoms. The van der Waals surface area contributed by atoms with Gasteiger partial charge >= 0.3 is 5.97 Å². The third-order valence-electron chi connectivity index (χ3n) is 5.38. The van der Waals surface area contributed by atoms with Crippen molar-refractivity contribution in [1.82, 2.24) is 0 Å². The maximum atomic E-state index is 12.6. The molecule has 1 aromatic heterocycles. The average Bonchev–Trinajstić information content (AvgIpc) is 3.05. The number of nitrogens with one attached hydrogen (secondary N) is 1. The van der Waals surface area contributed by atoms with Crippen LogP contribution in [0.2, 0.25) is 0 Å². The van der Waals surface area contributed by atoms with E-state index >= 15 is 0 Å². The Morgan fingerprint density at radius 2 is 1.90 bits per heavy atom. The average molecular weight is 430 g/mol. The van der Waals surface area contributed by atoms with E-state index in [1.54, 1.807) is 6.92 Å². The van der Waals surface area contributed by atoms with E-state index in [9.17, 15) is 9.59 Å². The van der Waals surface area contributed by atoms with Gasteiger partial charge in [0, 0.05) is 4.88 Å². The number of hydrogen-bond donors (Lipinski definition) is 1. The molecule has 6 heteroatoms. The topological polar surface area (TPSA) is 64.6 Å². The zero-order valence-corrected chi connectivity index (χ0v) is 19.3. The van der Waals surface area contributed by atoms with Crippen LogP contribution in [-0.4, -0.2) is 25.1 Å². The fraction of sp³-hybridized carbons (Fsp3) is 0.500. The third-order valence-corrected chi connectivity index (χ3v) is 6.56. The Bertz CT molecular complexity index is 909. The molecule has 1 atom stereocenters. The van der Waals surface area contributed by atoms with Crippen molar-refractivity contribution in [2.75, 3.05) is 18.5 Å². The van der Waals surface area contributed by atoms with E-state index in [1.807, 2.05) is 24.3 Å². The van der Waals surface area contributed by atoms with Crippen LogP contribution < -0.4 is 10.1 Å². The molecule has 2 aromatic rings. The van der Waals surface area contributed by atoms with Gasteiger partial charge in [0.2, 0.25) is 0 Å². The lowest BCUT2D eigenvalue weighted by Crippen LogP contribution is -2.21. The number of benzene rings is 1. The lowest BCUT2D eigenvalue weighted by Gasteiger charge is -2.19. The third kappa shape index (κ3) is 5.04. The number of carbonyl (C=O) groups excluding carboxylic acids is 2. The number of carbonyl (C=O) groups is 2. The lowest BCUT2D eigenvalue weighted by atomic mass is 9.86. The number of hydrogen-bond acceptors (Lipinski definition) is 5. The summed E-state index contributed by atoms with van der Waals surface area (Å²) >= 11 is 1.49. The van der Waals surface area contributed by atoms with E-state index in [1.165, 1.54) is 21.8 Å². The van der Waals surface area contributed by atoms with E-state index < -0.39 is 0 Å². The standard InChI is InChI=1S/C24H31NO4S/c1-6-28-23(27)21-20-15(2)8-7-9-18(20)30-22(21)25-19(26)14-29-17-12-10-16(11-13-17)24(3,4)5/h10-13,15H,6-9,14H2,1-5H3,(H,25,26). The van der Waals surface area contributed by atoms with Gasteiger partial charge in [0.15, 0.2) is 6.61 Å². The number of fused-ring (bicyclic) bond motifs is 1. The molecule has 1 unspecified atom stereocenters. The van der Waals surface area contributed by atoms with E-state index in [0.717, 1.165) is 24.8 Å². The maximum absolute atomic E-state index is 12.6. The lowest BCUT2D eigenvalue weighted by molar-refractivity contribution is -0.118. The van der Waals surface area contributed by atoms with Crippen LogP contribution in [0.3, 0.4) is 0 Å². The van der Waals surface area contributed by atoms with Crippen molar-refractivity contribution in [3.63, 3.8) is 0 Å². The summed E-state index contributed by atoms with van der Waals surface area (Å²) in [5.74, 6) is 0.278. The van der Waals surface area contributed by atoms with E-state index in [2.05, 4.69) is 33.0 Å². The number of ether oxygens (including phenoxy) is 2. The Balaban J connectivity index is 1.71. The summed E-state index contributed by atoms with van der Waals surface area (Å²) in [5.41, 5.74) is 2.83. The van der Waals surface area contributed by atoms with Crippen LogP contribution in [0.15, 0.2) is 24.3 Å². The minimum atomic E-state index is -0.363. The molecule has 1 aromatic carbocycles. The Morgan fingerprint density at radius 1 is 1.20 bits per heavy atom. The Hall–Kier alpha value is -2.34. The molecule has 1 aliphatic carbocycles. The highest BCUT2D eigenvalue weighted by Gasteiger charge is 2.30. The fourth-order valence-corrected chi connectivity index (χ4v) is 5.13. The molecule has 0 aliphatic heterocycles. The summed E-state index contributed by atoms with van der Waals surface area (Å²) in [5, 5.41) is 3.46. The van der Waals surface area contributed by atoms with Gasteiger partial charge < -0.3 is 14.8 Å². The largest absolute Gasteiger partial charge is 0.484 e. The molecule has 1 N–H and O–H groups in total. The quantitative estimate of drug-likeness (QED) is 0.600. The predicted molar refractivity (Wildman–Crippen MR) is 121 cm³/mol. The van der Waals surface area contributed by atoms with Gasteiger partial charge in [0.1, 0.15) is 10.8 Å². The van der Waals surface area contributed by atoms with Crippen molar-refractivity contribution < 1.29 is 19.1 Å². The van der Waals surface area contributed by atoms with Crippen LogP contribution in [0.1, 0.15) is 79.7 Å². The Kier molecular flexibility index (Phi) is 6.86. The van der Waals surface area contributed by atoms with E-state index in [4.69, 9.17) is 9.47 Å². The maximum Gasteiger partial charge on any atom is 0.341 e. The molecule has 0 radical (unpaired) electrons. The molecule has 0 saturated carbocycles. The summed E-state index contributed by atoms with van der Waals surface area (Å²) in [6, 6.07) is 7.79. The van der Waals surface area contributed by atoms with Gasteiger partial charge in [0.25, 0.3) is 5.91 Å². The van der Waals surface area contributed by atoms with Crippen molar-refractivity contribution in [3.8, 4) is 5.75 Å². The summed E-state index contributed by atoms with van der Waals surface area (Å²) in [6.07, 6.45) is 3.07. The first-order chi connectivity index (χ1) is 14.2. The zero-order valence-electron chi connectivity index (χ0n) is 18.5. The summed E-state index contributed by atoms with van der Waals surface area (Å²) in [4.78, 5) is 26.3. The molecule has 162 valence electrons. The van der Waals surface area contributed by atoms with Crippen molar-refractivity contribution in [3.05, 3.63) is 45.8 Å². The number of thiophene rings is 1. The van der Waals surface area contributed by atoms with E-state index in [0.29, 0.717) is 22.9 Å². The molecule has 1 heterocycles. The first kappa shape index (κ1) is 22.3. The molecule has 30 heavy (non-hydrogen) atoms. The molecule has 3 rings (SSSR count). The zero-order chi connectivity index (χ0) is 21.9. The van der Waals surface area contributed by atoms with Crippen LogP contribution in [0.4, 0.5) is 5.00 Å². The second kappa shape index (κ2) is 9.21. The first-order valence-electron chi connectivity index (χ1n) is 10.6.